The van der Waals surface area contributed by atoms with Crippen LogP contribution in [0.2, 0.25) is 0 Å². The van der Waals surface area contributed by atoms with Crippen LogP contribution in [0, 0.1) is 23.5 Å². The van der Waals surface area contributed by atoms with E-state index in [-0.39, 0.29) is 18.6 Å². The molecule has 19 heavy (non-hydrogen) atoms. The Kier molecular flexibility index (Phi) is 4.10. The number of halogens is 3. The Labute approximate surface area is 109 Å². The molecule has 0 heterocycles. The van der Waals surface area contributed by atoms with E-state index in [4.69, 9.17) is 4.74 Å². The van der Waals surface area contributed by atoms with Crippen LogP contribution in [0.3, 0.4) is 0 Å². The molecule has 0 aliphatic rings. The minimum Gasteiger partial charge on any atom is -0.483 e. The first-order valence-electron chi connectivity index (χ1n) is 5.88. The Morgan fingerprint density at radius 2 is 1.74 bits per heavy atom. The lowest BCUT2D eigenvalue weighted by atomic mass is 10.1. The summed E-state index contributed by atoms with van der Waals surface area (Å²) >= 11 is 0. The summed E-state index contributed by atoms with van der Waals surface area (Å²) in [7, 11) is 0. The molecule has 0 saturated heterocycles. The molecule has 1 radical (unpaired) electrons. The first-order chi connectivity index (χ1) is 9.13. The van der Waals surface area contributed by atoms with Crippen LogP contribution in [0.1, 0.15) is 18.1 Å². The van der Waals surface area contributed by atoms with Crippen molar-refractivity contribution in [2.24, 2.45) is 0 Å². The van der Waals surface area contributed by atoms with E-state index in [9.17, 15) is 13.2 Å². The van der Waals surface area contributed by atoms with Gasteiger partial charge in [-0.1, -0.05) is 37.3 Å². The Hall–Kier alpha value is -1.97. The summed E-state index contributed by atoms with van der Waals surface area (Å²) in [6, 6.07) is 10.9. The summed E-state index contributed by atoms with van der Waals surface area (Å²) in [5.74, 6) is -4.14. The highest BCUT2D eigenvalue weighted by Gasteiger charge is 2.19. The van der Waals surface area contributed by atoms with E-state index in [0.29, 0.717) is 0 Å². The average Bonchev–Trinajstić information content (AvgIpc) is 2.44. The summed E-state index contributed by atoms with van der Waals surface area (Å²) in [5.41, 5.74) is 0.717. The standard InChI is InChI=1S/C15H12F3O/c1-2-11-8-12(16)14(18)15(13(11)17)19-9-10-6-4-3-5-7-10/h3-7H,2,9H2,1H3. The maximum Gasteiger partial charge on any atom is 0.204 e. The van der Waals surface area contributed by atoms with Gasteiger partial charge in [-0.3, -0.25) is 0 Å². The predicted molar refractivity (Wildman–Crippen MR) is 65.3 cm³/mol. The number of rotatable bonds is 4. The fourth-order valence-electron chi connectivity index (χ4n) is 1.68. The molecule has 0 atom stereocenters. The lowest BCUT2D eigenvalue weighted by molar-refractivity contribution is 0.267. The minimum atomic E-state index is -1.34. The third-order valence-electron chi connectivity index (χ3n) is 2.70. The fraction of sp³-hybridized carbons (Fsp3) is 0.200. The van der Waals surface area contributed by atoms with Gasteiger partial charge in [0.05, 0.1) is 0 Å². The van der Waals surface area contributed by atoms with Gasteiger partial charge in [0.25, 0.3) is 0 Å². The predicted octanol–water partition coefficient (Wildman–Crippen LogP) is 4.05. The highest BCUT2D eigenvalue weighted by Crippen LogP contribution is 2.27. The molecule has 0 aliphatic carbocycles. The zero-order chi connectivity index (χ0) is 13.8. The average molecular weight is 265 g/mol. The summed E-state index contributed by atoms with van der Waals surface area (Å²) in [5, 5.41) is 0. The molecule has 0 amide bonds. The van der Waals surface area contributed by atoms with Crippen molar-refractivity contribution in [1.29, 1.82) is 0 Å². The van der Waals surface area contributed by atoms with E-state index in [0.717, 1.165) is 5.56 Å². The number of ether oxygens (including phenoxy) is 1. The zero-order valence-electron chi connectivity index (χ0n) is 10.3. The highest BCUT2D eigenvalue weighted by molar-refractivity contribution is 5.33. The van der Waals surface area contributed by atoms with Gasteiger partial charge < -0.3 is 4.74 Å². The number of hydrogen-bond acceptors (Lipinski definition) is 1. The first kappa shape index (κ1) is 13.5. The van der Waals surface area contributed by atoms with Crippen molar-refractivity contribution in [3.63, 3.8) is 0 Å². The molecule has 0 N–H and O–H groups in total. The van der Waals surface area contributed by atoms with Crippen LogP contribution in [0.25, 0.3) is 0 Å². The van der Waals surface area contributed by atoms with Gasteiger partial charge in [0.1, 0.15) is 6.61 Å². The van der Waals surface area contributed by atoms with Crippen LogP contribution < -0.4 is 4.74 Å². The first-order valence-corrected chi connectivity index (χ1v) is 5.88. The third-order valence-corrected chi connectivity index (χ3v) is 2.70. The van der Waals surface area contributed by atoms with Gasteiger partial charge in [0.15, 0.2) is 17.4 Å². The second-order valence-corrected chi connectivity index (χ2v) is 4.00. The van der Waals surface area contributed by atoms with Crippen LogP contribution in [0.5, 0.6) is 5.75 Å². The Morgan fingerprint density at radius 3 is 2.37 bits per heavy atom. The van der Waals surface area contributed by atoms with Crippen molar-refractivity contribution >= 4 is 0 Å². The summed E-state index contributed by atoms with van der Waals surface area (Å²) < 4.78 is 45.7. The van der Waals surface area contributed by atoms with E-state index in [2.05, 4.69) is 0 Å². The van der Waals surface area contributed by atoms with Gasteiger partial charge in [-0.05, 0) is 12.0 Å². The molecule has 1 nitrogen and oxygen atoms in total. The van der Waals surface area contributed by atoms with Crippen molar-refractivity contribution in [3.05, 3.63) is 65.0 Å². The van der Waals surface area contributed by atoms with Gasteiger partial charge in [-0.25, -0.2) is 8.78 Å². The Balaban J connectivity index is 2.27. The van der Waals surface area contributed by atoms with Crippen molar-refractivity contribution < 1.29 is 17.9 Å². The summed E-state index contributed by atoms with van der Waals surface area (Å²) in [6.45, 7) is 1.61. The maximum atomic E-state index is 13.9. The van der Waals surface area contributed by atoms with Crippen molar-refractivity contribution in [2.75, 3.05) is 0 Å². The van der Waals surface area contributed by atoms with Crippen molar-refractivity contribution in [3.8, 4) is 5.75 Å². The molecule has 0 aliphatic heterocycles. The molecule has 0 aromatic heterocycles. The van der Waals surface area contributed by atoms with Gasteiger partial charge in [-0.2, -0.15) is 4.39 Å². The number of aryl methyl sites for hydroxylation is 1. The van der Waals surface area contributed by atoms with E-state index >= 15 is 0 Å². The topological polar surface area (TPSA) is 9.23 Å². The fourth-order valence-corrected chi connectivity index (χ4v) is 1.68. The lowest BCUT2D eigenvalue weighted by Gasteiger charge is -2.11. The molecule has 99 valence electrons. The zero-order valence-corrected chi connectivity index (χ0v) is 10.3. The lowest BCUT2D eigenvalue weighted by Crippen LogP contribution is -2.04. The van der Waals surface area contributed by atoms with Crippen molar-refractivity contribution in [2.45, 2.75) is 20.0 Å². The molecule has 0 fully saturated rings. The molecule has 4 heteroatoms. The van der Waals surface area contributed by atoms with Crippen LogP contribution >= 0.6 is 0 Å². The summed E-state index contributed by atoms with van der Waals surface area (Å²) in [4.78, 5) is 0. The van der Waals surface area contributed by atoms with E-state index < -0.39 is 23.2 Å². The maximum absolute atomic E-state index is 13.9. The van der Waals surface area contributed by atoms with E-state index in [1.54, 1.807) is 31.2 Å². The van der Waals surface area contributed by atoms with Crippen LogP contribution in [-0.4, -0.2) is 0 Å². The molecule has 0 unspecified atom stereocenters. The molecular weight excluding hydrogens is 253 g/mol. The molecule has 2 aromatic rings. The van der Waals surface area contributed by atoms with Crippen molar-refractivity contribution in [1.82, 2.24) is 0 Å². The second kappa shape index (κ2) is 5.78. The molecule has 0 bridgehead atoms. The normalized spacial score (nSPS) is 10.5. The van der Waals surface area contributed by atoms with Gasteiger partial charge in [-0.15, -0.1) is 0 Å². The highest BCUT2D eigenvalue weighted by atomic mass is 19.2. The molecular formula is C15H12F3O. The second-order valence-electron chi connectivity index (χ2n) is 4.00. The number of benzene rings is 2. The SMILES string of the molecule is CCc1[c]c(F)c(F)c(OCc2ccccc2)c1F. The van der Waals surface area contributed by atoms with Gasteiger partial charge >= 0.3 is 0 Å². The minimum absolute atomic E-state index is 0.0260. The molecule has 2 rings (SSSR count). The van der Waals surface area contributed by atoms with Crippen LogP contribution in [0.4, 0.5) is 13.2 Å². The monoisotopic (exact) mass is 265 g/mol. The van der Waals surface area contributed by atoms with E-state index in [1.807, 2.05) is 12.1 Å². The summed E-state index contributed by atoms with van der Waals surface area (Å²) in [6.07, 6.45) is 0.213. The molecule has 0 spiro atoms. The van der Waals surface area contributed by atoms with Crippen LogP contribution in [-0.2, 0) is 13.0 Å². The quantitative estimate of drug-likeness (QED) is 0.758. The molecule has 0 saturated carbocycles. The number of hydrogen-bond donors (Lipinski definition) is 0. The Morgan fingerprint density at radius 1 is 1.05 bits per heavy atom. The Bertz CT molecular complexity index is 567. The largest absolute Gasteiger partial charge is 0.483 e. The smallest absolute Gasteiger partial charge is 0.204 e. The van der Waals surface area contributed by atoms with Crippen LogP contribution in [0.15, 0.2) is 30.3 Å². The molecule has 2 aromatic carbocycles. The van der Waals surface area contributed by atoms with Gasteiger partial charge in [0.2, 0.25) is 5.82 Å². The van der Waals surface area contributed by atoms with E-state index in [1.165, 1.54) is 0 Å². The third kappa shape index (κ3) is 2.89. The van der Waals surface area contributed by atoms with Gasteiger partial charge in [0, 0.05) is 11.6 Å².